The van der Waals surface area contributed by atoms with Crippen molar-refractivity contribution in [1.82, 2.24) is 9.80 Å². The quantitative estimate of drug-likeness (QED) is 0.791. The Bertz CT molecular complexity index is 696. The third kappa shape index (κ3) is 4.99. The van der Waals surface area contributed by atoms with Crippen LogP contribution in [0.15, 0.2) is 18.2 Å². The molecule has 0 spiro atoms. The van der Waals surface area contributed by atoms with E-state index in [1.165, 1.54) is 6.92 Å². The molecule has 3 amide bonds. The van der Waals surface area contributed by atoms with Gasteiger partial charge < -0.3 is 19.4 Å². The Balaban J connectivity index is 2.07. The summed E-state index contributed by atoms with van der Waals surface area (Å²) in [4.78, 5) is 41.7. The molecule has 0 unspecified atom stereocenters. The second kappa shape index (κ2) is 9.39. The van der Waals surface area contributed by atoms with Gasteiger partial charge in [0.1, 0.15) is 6.54 Å². The predicted octanol–water partition coefficient (Wildman–Crippen LogP) is 2.21. The minimum Gasteiger partial charge on any atom is -0.450 e. The zero-order chi connectivity index (χ0) is 20.0. The number of carbonyl (C=O) groups is 3. The molecule has 0 aliphatic carbocycles. The number of anilines is 1. The van der Waals surface area contributed by atoms with Crippen LogP contribution in [0, 0.1) is 6.92 Å². The van der Waals surface area contributed by atoms with Gasteiger partial charge in [0.15, 0.2) is 0 Å². The molecule has 27 heavy (non-hydrogen) atoms. The van der Waals surface area contributed by atoms with Crippen LogP contribution in [0.2, 0.25) is 0 Å². The van der Waals surface area contributed by atoms with E-state index in [9.17, 15) is 14.4 Å². The molecule has 0 atom stereocenters. The number of hydrogen-bond acceptors (Lipinski definition) is 4. The van der Waals surface area contributed by atoms with Crippen molar-refractivity contribution in [2.24, 2.45) is 0 Å². The third-order valence-corrected chi connectivity index (χ3v) is 4.80. The van der Waals surface area contributed by atoms with Crippen molar-refractivity contribution in [3.63, 3.8) is 0 Å². The second-order valence-electron chi connectivity index (χ2n) is 6.61. The van der Waals surface area contributed by atoms with Gasteiger partial charge >= 0.3 is 6.09 Å². The highest BCUT2D eigenvalue weighted by atomic mass is 16.6. The highest BCUT2D eigenvalue weighted by Crippen LogP contribution is 2.26. The summed E-state index contributed by atoms with van der Waals surface area (Å²) in [5.41, 5.74) is 2.85. The lowest BCUT2D eigenvalue weighted by molar-refractivity contribution is -0.132. The molecule has 0 bridgehead atoms. The number of rotatable bonds is 5. The molecule has 7 heteroatoms. The molecule has 1 fully saturated rings. The lowest BCUT2D eigenvalue weighted by Crippen LogP contribution is -2.53. The van der Waals surface area contributed by atoms with Gasteiger partial charge in [0.2, 0.25) is 11.8 Å². The number of amides is 3. The van der Waals surface area contributed by atoms with Crippen molar-refractivity contribution in [3.8, 4) is 0 Å². The molecule has 0 radical (unpaired) electrons. The normalized spacial score (nSPS) is 14.1. The van der Waals surface area contributed by atoms with E-state index in [1.54, 1.807) is 21.6 Å². The van der Waals surface area contributed by atoms with E-state index in [4.69, 9.17) is 4.74 Å². The zero-order valence-corrected chi connectivity index (χ0v) is 16.7. The standard InChI is InChI=1S/C20H29N3O4/c1-5-17-9-7-8-15(3)19(17)23(16(4)24)14-18(25)21-10-12-22(13-11-21)20(26)27-6-2/h7-9H,5-6,10-14H2,1-4H3. The Morgan fingerprint density at radius 2 is 1.70 bits per heavy atom. The smallest absolute Gasteiger partial charge is 0.409 e. The van der Waals surface area contributed by atoms with E-state index in [0.717, 1.165) is 23.2 Å². The maximum absolute atomic E-state index is 12.8. The van der Waals surface area contributed by atoms with E-state index >= 15 is 0 Å². The van der Waals surface area contributed by atoms with Crippen molar-refractivity contribution >= 4 is 23.6 Å². The summed E-state index contributed by atoms with van der Waals surface area (Å²) in [6, 6.07) is 5.90. The van der Waals surface area contributed by atoms with Crippen molar-refractivity contribution in [1.29, 1.82) is 0 Å². The summed E-state index contributed by atoms with van der Waals surface area (Å²) >= 11 is 0. The zero-order valence-electron chi connectivity index (χ0n) is 16.7. The van der Waals surface area contributed by atoms with Crippen molar-refractivity contribution < 1.29 is 19.1 Å². The number of nitrogens with zero attached hydrogens (tertiary/aromatic N) is 3. The number of carbonyl (C=O) groups excluding carboxylic acids is 3. The van der Waals surface area contributed by atoms with Crippen LogP contribution in [0.4, 0.5) is 10.5 Å². The summed E-state index contributed by atoms with van der Waals surface area (Å²) < 4.78 is 5.00. The molecule has 0 N–H and O–H groups in total. The first-order valence-corrected chi connectivity index (χ1v) is 9.45. The average molecular weight is 375 g/mol. The lowest BCUT2D eigenvalue weighted by Gasteiger charge is -2.35. The van der Waals surface area contributed by atoms with Gasteiger partial charge in [0.25, 0.3) is 0 Å². The number of aryl methyl sites for hydroxylation is 2. The Hall–Kier alpha value is -2.57. The number of para-hydroxylation sites is 1. The summed E-state index contributed by atoms with van der Waals surface area (Å²) in [7, 11) is 0. The van der Waals surface area contributed by atoms with Crippen LogP contribution < -0.4 is 4.90 Å². The van der Waals surface area contributed by atoms with Gasteiger partial charge in [-0.25, -0.2) is 4.79 Å². The second-order valence-corrected chi connectivity index (χ2v) is 6.61. The van der Waals surface area contributed by atoms with Gasteiger partial charge in [-0.2, -0.15) is 0 Å². The van der Waals surface area contributed by atoms with Crippen molar-refractivity contribution in [2.75, 3.05) is 44.2 Å². The van der Waals surface area contributed by atoms with Gasteiger partial charge in [-0.1, -0.05) is 25.1 Å². The van der Waals surface area contributed by atoms with Crippen LogP contribution in [-0.4, -0.2) is 67.0 Å². The Morgan fingerprint density at radius 1 is 1.07 bits per heavy atom. The van der Waals surface area contributed by atoms with Crippen LogP contribution in [-0.2, 0) is 20.7 Å². The molecule has 1 saturated heterocycles. The third-order valence-electron chi connectivity index (χ3n) is 4.80. The Labute approximate surface area is 160 Å². The summed E-state index contributed by atoms with van der Waals surface area (Å²) in [5, 5.41) is 0. The van der Waals surface area contributed by atoms with Gasteiger partial charge in [0, 0.05) is 33.1 Å². The van der Waals surface area contributed by atoms with E-state index in [0.29, 0.717) is 32.8 Å². The lowest BCUT2D eigenvalue weighted by atomic mass is 10.0. The first kappa shape index (κ1) is 20.7. The first-order valence-electron chi connectivity index (χ1n) is 9.45. The molecule has 1 aromatic carbocycles. The number of hydrogen-bond donors (Lipinski definition) is 0. The van der Waals surface area contributed by atoms with E-state index < -0.39 is 0 Å². The van der Waals surface area contributed by atoms with Crippen LogP contribution in [0.25, 0.3) is 0 Å². The Morgan fingerprint density at radius 3 is 2.26 bits per heavy atom. The molecule has 1 aromatic rings. The molecular weight excluding hydrogens is 346 g/mol. The minimum absolute atomic E-state index is 0.00654. The molecule has 2 rings (SSSR count). The van der Waals surface area contributed by atoms with Crippen molar-refractivity contribution in [2.45, 2.75) is 34.1 Å². The molecule has 1 heterocycles. The molecule has 0 saturated carbocycles. The maximum atomic E-state index is 12.8. The molecule has 1 aliphatic heterocycles. The summed E-state index contributed by atoms with van der Waals surface area (Å²) in [6.45, 7) is 9.34. The largest absolute Gasteiger partial charge is 0.450 e. The highest BCUT2D eigenvalue weighted by molar-refractivity contribution is 5.98. The van der Waals surface area contributed by atoms with Crippen molar-refractivity contribution in [3.05, 3.63) is 29.3 Å². The van der Waals surface area contributed by atoms with Gasteiger partial charge in [0.05, 0.1) is 12.3 Å². The average Bonchev–Trinajstić information content (AvgIpc) is 2.66. The van der Waals surface area contributed by atoms with Crippen LogP contribution in [0.3, 0.4) is 0 Å². The monoisotopic (exact) mass is 375 g/mol. The van der Waals surface area contributed by atoms with Gasteiger partial charge in [-0.05, 0) is 31.4 Å². The number of ether oxygens (including phenoxy) is 1. The van der Waals surface area contributed by atoms with Crippen LogP contribution in [0.1, 0.15) is 31.9 Å². The van der Waals surface area contributed by atoms with E-state index in [2.05, 4.69) is 0 Å². The molecule has 148 valence electrons. The number of piperazine rings is 1. The fourth-order valence-electron chi connectivity index (χ4n) is 3.33. The summed E-state index contributed by atoms with van der Waals surface area (Å²) in [5.74, 6) is -0.267. The molecule has 1 aliphatic rings. The maximum Gasteiger partial charge on any atom is 0.409 e. The van der Waals surface area contributed by atoms with Crippen LogP contribution in [0.5, 0.6) is 0 Å². The first-order chi connectivity index (χ1) is 12.9. The topological polar surface area (TPSA) is 70.2 Å². The fraction of sp³-hybridized carbons (Fsp3) is 0.550. The highest BCUT2D eigenvalue weighted by Gasteiger charge is 2.27. The molecular formula is C20H29N3O4. The van der Waals surface area contributed by atoms with E-state index in [-0.39, 0.29) is 24.5 Å². The summed E-state index contributed by atoms with van der Waals surface area (Å²) in [6.07, 6.45) is 0.440. The SMILES string of the molecule is CCOC(=O)N1CCN(C(=O)CN(C(C)=O)c2c(C)cccc2CC)CC1. The predicted molar refractivity (Wildman–Crippen MR) is 104 cm³/mol. The van der Waals surface area contributed by atoms with Gasteiger partial charge in [-0.15, -0.1) is 0 Å². The van der Waals surface area contributed by atoms with Gasteiger partial charge in [-0.3, -0.25) is 9.59 Å². The minimum atomic E-state index is -0.345. The van der Waals surface area contributed by atoms with Crippen LogP contribution >= 0.6 is 0 Å². The molecule has 0 aromatic heterocycles. The Kier molecular flexibility index (Phi) is 7.21. The fourth-order valence-corrected chi connectivity index (χ4v) is 3.33. The van der Waals surface area contributed by atoms with E-state index in [1.807, 2.05) is 32.0 Å². The number of benzene rings is 1. The molecule has 7 nitrogen and oxygen atoms in total.